The van der Waals surface area contributed by atoms with Crippen molar-refractivity contribution in [1.82, 2.24) is 9.80 Å². The number of hydrogen-bond donors (Lipinski definition) is 0. The van der Waals surface area contributed by atoms with E-state index in [1.165, 1.54) is 37.3 Å². The molecule has 2 rings (SSSR count). The van der Waals surface area contributed by atoms with Gasteiger partial charge < -0.3 is 4.90 Å². The largest absolute Gasteiger partial charge is 0.304 e. The van der Waals surface area contributed by atoms with Gasteiger partial charge in [0.2, 0.25) is 0 Å². The molecule has 1 heterocycles. The van der Waals surface area contributed by atoms with E-state index in [9.17, 15) is 0 Å². The van der Waals surface area contributed by atoms with E-state index >= 15 is 0 Å². The monoisotopic (exact) mass is 230 g/mol. The maximum absolute atomic E-state index is 2.54. The normalized spacial score (nSPS) is 19.5. The summed E-state index contributed by atoms with van der Waals surface area (Å²) < 4.78 is 0. The van der Waals surface area contributed by atoms with Gasteiger partial charge in [-0.2, -0.15) is 0 Å². The topological polar surface area (TPSA) is 6.48 Å². The first-order valence-corrected chi connectivity index (χ1v) is 6.37. The highest BCUT2D eigenvalue weighted by atomic mass is 15.2. The highest BCUT2D eigenvalue weighted by Crippen LogP contribution is 2.09. The summed E-state index contributed by atoms with van der Waals surface area (Å²) in [4.78, 5) is 4.93. The summed E-state index contributed by atoms with van der Waals surface area (Å²) in [6.07, 6.45) is 2.29. The third-order valence-corrected chi connectivity index (χ3v) is 3.28. The van der Waals surface area contributed by atoms with Crippen molar-refractivity contribution in [1.29, 1.82) is 0 Å². The molecule has 0 aromatic heterocycles. The Morgan fingerprint density at radius 2 is 1.76 bits per heavy atom. The second-order valence-electron chi connectivity index (χ2n) is 4.98. The van der Waals surface area contributed by atoms with Crippen molar-refractivity contribution >= 4 is 6.08 Å². The molecule has 0 aliphatic carbocycles. The fourth-order valence-corrected chi connectivity index (χ4v) is 2.24. The summed E-state index contributed by atoms with van der Waals surface area (Å²) in [5, 5.41) is 0. The molecule has 2 nitrogen and oxygen atoms in total. The lowest BCUT2D eigenvalue weighted by Gasteiger charge is -2.32. The van der Waals surface area contributed by atoms with Crippen LogP contribution >= 0.6 is 0 Å². The number of benzene rings is 1. The fraction of sp³-hybridized carbons (Fsp3) is 0.467. The van der Waals surface area contributed by atoms with Gasteiger partial charge in [0.05, 0.1) is 0 Å². The number of piperazine rings is 1. The number of hydrogen-bond acceptors (Lipinski definition) is 2. The van der Waals surface area contributed by atoms with Gasteiger partial charge in [0.25, 0.3) is 0 Å². The summed E-state index contributed by atoms with van der Waals surface area (Å²) in [5.74, 6) is 0. The maximum atomic E-state index is 2.54. The first-order valence-electron chi connectivity index (χ1n) is 6.37. The Hall–Kier alpha value is -1.12. The van der Waals surface area contributed by atoms with Crippen LogP contribution in [0.5, 0.6) is 0 Å². The van der Waals surface area contributed by atoms with Gasteiger partial charge in [0.15, 0.2) is 0 Å². The Morgan fingerprint density at radius 3 is 2.41 bits per heavy atom. The molecule has 1 aliphatic heterocycles. The Bertz CT molecular complexity index is 362. The van der Waals surface area contributed by atoms with E-state index in [-0.39, 0.29) is 0 Å². The molecule has 1 aromatic rings. The Balaban J connectivity index is 1.88. The van der Waals surface area contributed by atoms with E-state index in [0.717, 1.165) is 6.54 Å². The lowest BCUT2D eigenvalue weighted by Crippen LogP contribution is -2.44. The highest BCUT2D eigenvalue weighted by Gasteiger charge is 2.13. The van der Waals surface area contributed by atoms with Crippen molar-refractivity contribution in [3.05, 3.63) is 41.5 Å². The lowest BCUT2D eigenvalue weighted by atomic mass is 10.1. The predicted octanol–water partition coefficient (Wildman–Crippen LogP) is 2.34. The van der Waals surface area contributed by atoms with E-state index in [1.54, 1.807) is 0 Å². The molecule has 0 spiro atoms. The predicted molar refractivity (Wildman–Crippen MR) is 74.0 cm³/mol. The van der Waals surface area contributed by atoms with Gasteiger partial charge in [-0.15, -0.1) is 0 Å². The second kappa shape index (κ2) is 5.99. The first-order chi connectivity index (χ1) is 8.24. The summed E-state index contributed by atoms with van der Waals surface area (Å²) in [7, 11) is 2.20. The van der Waals surface area contributed by atoms with E-state index in [2.05, 4.69) is 60.2 Å². The van der Waals surface area contributed by atoms with Crippen LogP contribution in [0.3, 0.4) is 0 Å². The third kappa shape index (κ3) is 3.99. The van der Waals surface area contributed by atoms with Crippen LogP contribution in [-0.4, -0.2) is 49.6 Å². The van der Waals surface area contributed by atoms with Crippen LogP contribution < -0.4 is 0 Å². The van der Waals surface area contributed by atoms with Gasteiger partial charge in [-0.05, 0) is 19.5 Å². The van der Waals surface area contributed by atoms with Crippen molar-refractivity contribution in [3.63, 3.8) is 0 Å². The molecule has 0 amide bonds. The minimum Gasteiger partial charge on any atom is -0.304 e. The minimum atomic E-state index is 1.10. The average Bonchev–Trinajstić information content (AvgIpc) is 2.33. The van der Waals surface area contributed by atoms with E-state index in [4.69, 9.17) is 0 Å². The molecule has 0 N–H and O–H groups in total. The zero-order valence-corrected chi connectivity index (χ0v) is 10.9. The van der Waals surface area contributed by atoms with Crippen LogP contribution in [0, 0.1) is 0 Å². The van der Waals surface area contributed by atoms with Gasteiger partial charge in [-0.3, -0.25) is 4.90 Å². The molecule has 0 unspecified atom stereocenters. The molecule has 1 aliphatic rings. The zero-order valence-electron chi connectivity index (χ0n) is 10.9. The molecule has 1 aromatic carbocycles. The molecule has 0 bridgehead atoms. The third-order valence-electron chi connectivity index (χ3n) is 3.28. The zero-order chi connectivity index (χ0) is 12.1. The van der Waals surface area contributed by atoms with Gasteiger partial charge in [-0.1, -0.05) is 42.0 Å². The molecule has 0 saturated carbocycles. The first kappa shape index (κ1) is 12.3. The molecule has 17 heavy (non-hydrogen) atoms. The van der Waals surface area contributed by atoms with Crippen molar-refractivity contribution in [2.24, 2.45) is 0 Å². The van der Waals surface area contributed by atoms with Gasteiger partial charge >= 0.3 is 0 Å². The summed E-state index contributed by atoms with van der Waals surface area (Å²) in [6.45, 7) is 8.10. The number of likely N-dealkylation sites (N-methyl/N-ethyl adjacent to an activating group) is 1. The van der Waals surface area contributed by atoms with Crippen molar-refractivity contribution in [2.45, 2.75) is 6.92 Å². The van der Waals surface area contributed by atoms with Crippen LogP contribution in [0.4, 0.5) is 0 Å². The molecular weight excluding hydrogens is 208 g/mol. The summed E-state index contributed by atoms with van der Waals surface area (Å²) in [6, 6.07) is 10.6. The molecule has 0 radical (unpaired) electrons. The van der Waals surface area contributed by atoms with Gasteiger partial charge in [0.1, 0.15) is 0 Å². The molecular formula is C15H22N2. The molecule has 0 atom stereocenters. The van der Waals surface area contributed by atoms with Crippen LogP contribution in [0.15, 0.2) is 35.9 Å². The van der Waals surface area contributed by atoms with Crippen LogP contribution in [0.1, 0.15) is 12.5 Å². The van der Waals surface area contributed by atoms with E-state index in [0.29, 0.717) is 0 Å². The average molecular weight is 230 g/mol. The van der Waals surface area contributed by atoms with Crippen molar-refractivity contribution < 1.29 is 0 Å². The summed E-state index contributed by atoms with van der Waals surface area (Å²) >= 11 is 0. The SMILES string of the molecule is CC(=Cc1ccccc1)CN1CCN(C)CC1. The van der Waals surface area contributed by atoms with Crippen molar-refractivity contribution in [3.8, 4) is 0 Å². The number of rotatable bonds is 3. The maximum Gasteiger partial charge on any atom is 0.0194 e. The van der Waals surface area contributed by atoms with Crippen LogP contribution in [-0.2, 0) is 0 Å². The summed E-state index contributed by atoms with van der Waals surface area (Å²) in [5.41, 5.74) is 2.75. The Kier molecular flexibility index (Phi) is 4.35. The smallest absolute Gasteiger partial charge is 0.0194 e. The van der Waals surface area contributed by atoms with Crippen LogP contribution in [0.2, 0.25) is 0 Å². The fourth-order valence-electron chi connectivity index (χ4n) is 2.24. The van der Waals surface area contributed by atoms with Crippen LogP contribution in [0.25, 0.3) is 6.08 Å². The minimum absolute atomic E-state index is 1.10. The quantitative estimate of drug-likeness (QED) is 0.786. The Labute approximate surface area is 105 Å². The van der Waals surface area contributed by atoms with E-state index < -0.39 is 0 Å². The molecule has 92 valence electrons. The Morgan fingerprint density at radius 1 is 1.12 bits per heavy atom. The standard InChI is InChI=1S/C15H22N2/c1-14(12-15-6-4-3-5-7-15)13-17-10-8-16(2)9-11-17/h3-7,12H,8-11,13H2,1-2H3. The van der Waals surface area contributed by atoms with Crippen molar-refractivity contribution in [2.75, 3.05) is 39.8 Å². The highest BCUT2D eigenvalue weighted by molar-refractivity contribution is 5.52. The van der Waals surface area contributed by atoms with Gasteiger partial charge in [-0.25, -0.2) is 0 Å². The number of nitrogens with zero attached hydrogens (tertiary/aromatic N) is 2. The molecule has 1 saturated heterocycles. The lowest BCUT2D eigenvalue weighted by molar-refractivity contribution is 0.164. The molecule has 2 heteroatoms. The second-order valence-corrected chi connectivity index (χ2v) is 4.98. The van der Waals surface area contributed by atoms with Gasteiger partial charge in [0, 0.05) is 32.7 Å². The molecule has 1 fully saturated rings. The van der Waals surface area contributed by atoms with E-state index in [1.807, 2.05) is 0 Å².